The molecule has 2 aromatic carbocycles. The van der Waals surface area contributed by atoms with Gasteiger partial charge in [0.05, 0.1) is 58.3 Å². The van der Waals surface area contributed by atoms with E-state index in [0.29, 0.717) is 28.2 Å². The van der Waals surface area contributed by atoms with Gasteiger partial charge in [0.25, 0.3) is 0 Å². The molecule has 10 atom stereocenters. The summed E-state index contributed by atoms with van der Waals surface area (Å²) in [6.07, 6.45) is -5.81. The first-order valence-electron chi connectivity index (χ1n) is 16.1. The molecule has 5 aliphatic rings. The van der Waals surface area contributed by atoms with E-state index >= 15 is 0 Å². The first-order valence-corrected chi connectivity index (χ1v) is 16.1. The van der Waals surface area contributed by atoms with Gasteiger partial charge in [0.2, 0.25) is 12.5 Å². The Bertz CT molecular complexity index is 1540. The normalized spacial score (nSPS) is 31.9. The minimum absolute atomic E-state index is 0.0142. The van der Waals surface area contributed by atoms with Crippen molar-refractivity contribution in [2.45, 2.75) is 62.4 Å². The maximum atomic E-state index is 13.6. The number of amides is 1. The molecule has 3 saturated heterocycles. The zero-order chi connectivity index (χ0) is 34.4. The quantitative estimate of drug-likeness (QED) is 0.273. The first-order chi connectivity index (χ1) is 23.7. The van der Waals surface area contributed by atoms with Crippen LogP contribution in [0.1, 0.15) is 42.1 Å². The summed E-state index contributed by atoms with van der Waals surface area (Å²) < 4.78 is 58.1. The maximum absolute atomic E-state index is 13.6. The number of benzene rings is 2. The van der Waals surface area contributed by atoms with Crippen molar-refractivity contribution in [3.05, 3.63) is 41.0 Å². The van der Waals surface area contributed by atoms with Gasteiger partial charge in [0.1, 0.15) is 12.2 Å². The zero-order valence-electron chi connectivity index (χ0n) is 27.1. The van der Waals surface area contributed by atoms with Crippen LogP contribution in [0.25, 0.3) is 0 Å². The number of aliphatic hydroxyl groups is 3. The van der Waals surface area contributed by atoms with Gasteiger partial charge in [-0.3, -0.25) is 4.79 Å². The number of esters is 1. The van der Waals surface area contributed by atoms with Crippen LogP contribution in [0.2, 0.25) is 0 Å². The molecule has 7 rings (SSSR count). The first kappa shape index (κ1) is 33.6. The number of aliphatic hydroxyl groups excluding tert-OH is 3. The summed E-state index contributed by atoms with van der Waals surface area (Å²) in [7, 11) is 2.79. The van der Waals surface area contributed by atoms with Crippen molar-refractivity contribution < 1.29 is 72.3 Å². The second kappa shape index (κ2) is 13.8. The van der Waals surface area contributed by atoms with Gasteiger partial charge in [-0.15, -0.1) is 0 Å². The average Bonchev–Trinajstić information content (AvgIpc) is 3.72. The molecule has 16 heteroatoms. The number of carbonyl (C=O) groups is 2. The van der Waals surface area contributed by atoms with Crippen molar-refractivity contribution in [3.63, 3.8) is 0 Å². The predicted octanol–water partition coefficient (Wildman–Crippen LogP) is 1.10. The molecule has 4 aliphatic heterocycles. The van der Waals surface area contributed by atoms with Crippen molar-refractivity contribution in [1.82, 2.24) is 5.32 Å². The molecule has 4 N–H and O–H groups in total. The largest absolute Gasteiger partial charge is 0.493 e. The molecule has 2 aromatic rings. The van der Waals surface area contributed by atoms with E-state index in [1.54, 1.807) is 19.1 Å². The number of ether oxygens (including phenoxy) is 10. The third-order valence-electron chi connectivity index (χ3n) is 9.50. The van der Waals surface area contributed by atoms with Gasteiger partial charge in [-0.25, -0.2) is 4.79 Å². The molecular weight excluding hydrogens is 650 g/mol. The van der Waals surface area contributed by atoms with Crippen LogP contribution in [0.15, 0.2) is 24.3 Å². The van der Waals surface area contributed by atoms with Crippen LogP contribution in [-0.4, -0.2) is 112 Å². The van der Waals surface area contributed by atoms with E-state index < -0.39 is 73.4 Å². The predicted molar refractivity (Wildman–Crippen MR) is 162 cm³/mol. The molecule has 0 saturated carbocycles. The lowest BCUT2D eigenvalue weighted by Crippen LogP contribution is -2.55. The van der Waals surface area contributed by atoms with Gasteiger partial charge in [-0.1, -0.05) is 0 Å². The van der Waals surface area contributed by atoms with Crippen LogP contribution in [0.4, 0.5) is 4.79 Å². The summed E-state index contributed by atoms with van der Waals surface area (Å²) in [5, 5.41) is 32.2. The highest BCUT2D eigenvalue weighted by atomic mass is 16.7. The van der Waals surface area contributed by atoms with E-state index in [1.807, 2.05) is 12.1 Å². The summed E-state index contributed by atoms with van der Waals surface area (Å²) >= 11 is 0. The van der Waals surface area contributed by atoms with E-state index in [0.717, 1.165) is 0 Å². The molecule has 0 spiro atoms. The standard InChI is InChI=1S/C33H39NO15/c1-14-42-12-26-23(46-14)8-20(37)32(47-26)48-29-18-7-22-21(44-13-45-22)6-17(18)27(28-19(29)11-43-31(28)38)15-4-24(40-2)30(25(5-15)41-3)49-33(39)34-9-16(36)10-35/h4-7,14,16,19-20,23,26-29,32,35-37H,8-13H2,1-3H3,(H,34,39)/t14?,16?,19?,20?,23?,26?,27?,28-,29?,32?/m0/s1. The molecule has 3 fully saturated rings. The Morgan fingerprint density at radius 1 is 1.00 bits per heavy atom. The minimum atomic E-state index is -1.17. The van der Waals surface area contributed by atoms with Crippen molar-refractivity contribution in [2.24, 2.45) is 11.8 Å². The molecule has 1 aliphatic carbocycles. The molecule has 16 nitrogen and oxygen atoms in total. The number of hydrogen-bond donors (Lipinski definition) is 4. The van der Waals surface area contributed by atoms with Crippen molar-refractivity contribution in [1.29, 1.82) is 0 Å². The third kappa shape index (κ3) is 6.33. The Kier molecular flexibility index (Phi) is 9.45. The lowest BCUT2D eigenvalue weighted by Gasteiger charge is -2.45. The number of hydrogen-bond acceptors (Lipinski definition) is 15. The minimum Gasteiger partial charge on any atom is -0.493 e. The highest BCUT2D eigenvalue weighted by Gasteiger charge is 2.55. The molecule has 266 valence electrons. The fraction of sp³-hybridized carbons (Fsp3) is 0.576. The Morgan fingerprint density at radius 2 is 1.71 bits per heavy atom. The maximum Gasteiger partial charge on any atom is 0.412 e. The van der Waals surface area contributed by atoms with E-state index in [-0.39, 0.29) is 56.3 Å². The second-order valence-electron chi connectivity index (χ2n) is 12.5. The van der Waals surface area contributed by atoms with Crippen molar-refractivity contribution in [3.8, 4) is 28.7 Å². The van der Waals surface area contributed by atoms with Gasteiger partial charge < -0.3 is 68.0 Å². The topological polar surface area (TPSA) is 199 Å². The van der Waals surface area contributed by atoms with Crippen LogP contribution >= 0.6 is 0 Å². The highest BCUT2D eigenvalue weighted by Crippen LogP contribution is 2.57. The molecule has 0 aromatic heterocycles. The van der Waals surface area contributed by atoms with E-state index in [2.05, 4.69) is 5.32 Å². The molecule has 0 bridgehead atoms. The molecular formula is C33H39NO15. The monoisotopic (exact) mass is 689 g/mol. The smallest absolute Gasteiger partial charge is 0.412 e. The Labute approximate surface area is 281 Å². The van der Waals surface area contributed by atoms with Crippen molar-refractivity contribution >= 4 is 12.1 Å². The van der Waals surface area contributed by atoms with Gasteiger partial charge in [-0.05, 0) is 47.9 Å². The van der Waals surface area contributed by atoms with Gasteiger partial charge in [-0.2, -0.15) is 0 Å². The molecule has 4 heterocycles. The summed E-state index contributed by atoms with van der Waals surface area (Å²) in [6, 6.07) is 6.92. The van der Waals surface area contributed by atoms with E-state index in [1.165, 1.54) is 14.2 Å². The van der Waals surface area contributed by atoms with E-state index in [9.17, 15) is 19.8 Å². The molecule has 0 radical (unpaired) electrons. The fourth-order valence-corrected chi connectivity index (χ4v) is 7.19. The van der Waals surface area contributed by atoms with Gasteiger partial charge in [0, 0.05) is 24.8 Å². The van der Waals surface area contributed by atoms with Crippen LogP contribution in [0.3, 0.4) is 0 Å². The number of cyclic esters (lactones) is 1. The van der Waals surface area contributed by atoms with Crippen LogP contribution < -0.4 is 29.0 Å². The number of methoxy groups -OCH3 is 2. The molecule has 1 amide bonds. The SMILES string of the molecule is COc1cc(C2c3cc4c(cc3C(OC3OC5COC(C)OC5CC3O)C3COC(=O)[C@H]23)OCO4)cc(OC)c1OC(=O)NCC(O)CO. The Morgan fingerprint density at radius 3 is 2.41 bits per heavy atom. The fourth-order valence-electron chi connectivity index (χ4n) is 7.19. The molecule has 49 heavy (non-hydrogen) atoms. The average molecular weight is 690 g/mol. The van der Waals surface area contributed by atoms with Gasteiger partial charge in [0.15, 0.2) is 35.6 Å². The zero-order valence-corrected chi connectivity index (χ0v) is 27.1. The molecule has 9 unspecified atom stereocenters. The van der Waals surface area contributed by atoms with Crippen LogP contribution in [0, 0.1) is 11.8 Å². The highest BCUT2D eigenvalue weighted by molar-refractivity contribution is 5.79. The Hall–Kier alpha value is -3.90. The number of nitrogens with one attached hydrogen (secondary N) is 1. The van der Waals surface area contributed by atoms with Crippen LogP contribution in [0.5, 0.6) is 28.7 Å². The summed E-state index contributed by atoms with van der Waals surface area (Å²) in [5.74, 6) is -1.11. The second-order valence-corrected chi connectivity index (χ2v) is 12.5. The number of rotatable bonds is 9. The van der Waals surface area contributed by atoms with Gasteiger partial charge >= 0.3 is 12.1 Å². The summed E-state index contributed by atoms with van der Waals surface area (Å²) in [6.45, 7) is 1.35. The number of fused-ring (bicyclic) bond motifs is 4. The van der Waals surface area contributed by atoms with Crippen molar-refractivity contribution in [2.75, 3.05) is 47.4 Å². The van der Waals surface area contributed by atoms with Crippen LogP contribution in [-0.2, 0) is 28.5 Å². The lowest BCUT2D eigenvalue weighted by atomic mass is 9.66. The number of carbonyl (C=O) groups excluding carboxylic acids is 2. The Balaban J connectivity index is 1.26. The van der Waals surface area contributed by atoms with E-state index in [4.69, 9.17) is 52.5 Å². The summed E-state index contributed by atoms with van der Waals surface area (Å²) in [5.41, 5.74) is 1.97. The lowest BCUT2D eigenvalue weighted by molar-refractivity contribution is -0.340. The summed E-state index contributed by atoms with van der Waals surface area (Å²) in [4.78, 5) is 26.2. The third-order valence-corrected chi connectivity index (χ3v) is 9.50.